The molecule has 0 bridgehead atoms. The normalized spacial score (nSPS) is 24.1. The van der Waals surface area contributed by atoms with Gasteiger partial charge in [-0.05, 0) is 27.9 Å². The van der Waals surface area contributed by atoms with E-state index in [-0.39, 0.29) is 18.8 Å². The van der Waals surface area contributed by atoms with E-state index < -0.39 is 24.2 Å². The second kappa shape index (κ2) is 9.09. The van der Waals surface area contributed by atoms with Crippen molar-refractivity contribution in [3.05, 3.63) is 33.1 Å². The van der Waals surface area contributed by atoms with Gasteiger partial charge in [0, 0.05) is 41.8 Å². The van der Waals surface area contributed by atoms with Gasteiger partial charge in [-0.2, -0.15) is 0 Å². The second-order valence-corrected chi connectivity index (χ2v) is 12.0. The van der Waals surface area contributed by atoms with Gasteiger partial charge in [0.25, 0.3) is 5.56 Å². The summed E-state index contributed by atoms with van der Waals surface area (Å²) in [5.74, 6) is 0. The molecule has 1 N–H and O–H groups in total. The molecule has 1 fully saturated rings. The molecule has 0 saturated carbocycles. The first-order chi connectivity index (χ1) is 12.2. The Morgan fingerprint density at radius 3 is 2.69 bits per heavy atom. The molecule has 0 amide bonds. The Morgan fingerprint density at radius 1 is 1.46 bits per heavy atom. The molecule has 1 unspecified atom stereocenters. The maximum absolute atomic E-state index is 12.6. The predicted octanol–water partition coefficient (Wildman–Crippen LogP) is 1.41. The molecule has 0 aromatic carbocycles. The molecule has 2 rings (SSSR count). The zero-order chi connectivity index (χ0) is 19.5. The first kappa shape index (κ1) is 21.7. The van der Waals surface area contributed by atoms with Gasteiger partial charge in [0.1, 0.15) is 0 Å². The molecule has 1 saturated heterocycles. The van der Waals surface area contributed by atoms with Crippen LogP contribution in [0, 0.1) is 0 Å². The molecule has 1 aromatic heterocycles. The number of H-pyrrole nitrogens is 1. The highest BCUT2D eigenvalue weighted by Gasteiger charge is 2.34. The van der Waals surface area contributed by atoms with Crippen molar-refractivity contribution in [2.45, 2.75) is 32.2 Å². The van der Waals surface area contributed by atoms with Crippen molar-refractivity contribution in [1.29, 1.82) is 0 Å². The summed E-state index contributed by atoms with van der Waals surface area (Å²) < 4.78 is 27.1. The van der Waals surface area contributed by atoms with E-state index in [4.69, 9.17) is 9.26 Å². The lowest BCUT2D eigenvalue weighted by Gasteiger charge is -2.40. The Bertz CT molecular complexity index is 768. The Balaban J connectivity index is 2.18. The highest BCUT2D eigenvalue weighted by molar-refractivity contribution is 8.93. The van der Waals surface area contributed by atoms with Crippen molar-refractivity contribution in [3.63, 3.8) is 0 Å². The second-order valence-electron chi connectivity index (χ2n) is 6.47. The van der Waals surface area contributed by atoms with Gasteiger partial charge in [-0.25, -0.2) is 9.46 Å². The van der Waals surface area contributed by atoms with Crippen LogP contribution in [0.25, 0.3) is 0 Å². The monoisotopic (exact) mass is 424 g/mol. The number of nitrogens with one attached hydrogen (secondary N) is 1. The molecular weight excluding hydrogens is 399 g/mol. The smallest absolute Gasteiger partial charge is 0.338 e. The van der Waals surface area contributed by atoms with Crippen LogP contribution >= 0.6 is 28.8 Å². The SMILES string of the molecule is CC(C)N1C[C@@H](COP(=O)(SS)N(C)C)O[C@@H](n2ccc(=O)[nH]c2=O)C1. The summed E-state index contributed by atoms with van der Waals surface area (Å²) in [6.45, 7) is 2.17. The van der Waals surface area contributed by atoms with Gasteiger partial charge in [0.15, 0.2) is 6.23 Å². The van der Waals surface area contributed by atoms with Crippen LogP contribution in [0.2, 0.25) is 0 Å². The van der Waals surface area contributed by atoms with Crippen molar-refractivity contribution in [2.75, 3.05) is 33.8 Å². The highest BCUT2D eigenvalue weighted by atomic mass is 33.3. The Kier molecular flexibility index (Phi) is 7.61. The molecule has 0 aliphatic carbocycles. The van der Waals surface area contributed by atoms with Gasteiger partial charge in [0.2, 0.25) is 0 Å². The van der Waals surface area contributed by atoms with E-state index in [2.05, 4.69) is 21.5 Å². The molecule has 0 radical (unpaired) electrons. The number of nitrogens with zero attached hydrogens (tertiary/aromatic N) is 3. The Hall–Kier alpha value is -0.550. The van der Waals surface area contributed by atoms with E-state index in [0.29, 0.717) is 13.1 Å². The van der Waals surface area contributed by atoms with Crippen LogP contribution in [0.3, 0.4) is 0 Å². The molecule has 12 heteroatoms. The number of rotatable bonds is 7. The van der Waals surface area contributed by atoms with Crippen molar-refractivity contribution < 1.29 is 13.8 Å². The van der Waals surface area contributed by atoms with Crippen molar-refractivity contribution in [1.82, 2.24) is 19.1 Å². The van der Waals surface area contributed by atoms with Gasteiger partial charge in [-0.15, -0.1) is 11.7 Å². The molecule has 26 heavy (non-hydrogen) atoms. The lowest BCUT2D eigenvalue weighted by molar-refractivity contribution is -0.139. The van der Waals surface area contributed by atoms with Crippen molar-refractivity contribution in [2.24, 2.45) is 0 Å². The van der Waals surface area contributed by atoms with Crippen molar-refractivity contribution >= 4 is 28.8 Å². The maximum Gasteiger partial charge on any atom is 0.338 e. The van der Waals surface area contributed by atoms with E-state index in [0.717, 1.165) is 10.4 Å². The number of hydrogen-bond donors (Lipinski definition) is 2. The summed E-state index contributed by atoms with van der Waals surface area (Å²) in [6.07, 6.45) is 0.456. The number of ether oxygens (including phenoxy) is 1. The molecular formula is C14H25N4O5PS2. The van der Waals surface area contributed by atoms with Gasteiger partial charge in [0.05, 0.1) is 12.7 Å². The average Bonchev–Trinajstić information content (AvgIpc) is 2.59. The van der Waals surface area contributed by atoms with E-state index in [9.17, 15) is 14.2 Å². The fraction of sp³-hybridized carbons (Fsp3) is 0.714. The van der Waals surface area contributed by atoms with Crippen LogP contribution in [-0.4, -0.2) is 65.1 Å². The predicted molar refractivity (Wildman–Crippen MR) is 106 cm³/mol. The van der Waals surface area contributed by atoms with Crippen LogP contribution in [0.1, 0.15) is 20.1 Å². The lowest BCUT2D eigenvalue weighted by atomic mass is 10.2. The molecule has 1 aliphatic heterocycles. The largest absolute Gasteiger partial charge is 0.350 e. The van der Waals surface area contributed by atoms with E-state index >= 15 is 0 Å². The third-order valence-electron chi connectivity index (χ3n) is 4.09. The summed E-state index contributed by atoms with van der Waals surface area (Å²) >= 11 is 4.04. The Labute approximate surface area is 161 Å². The van der Waals surface area contributed by atoms with Crippen LogP contribution in [-0.2, 0) is 13.8 Å². The molecule has 9 nitrogen and oxygen atoms in total. The van der Waals surface area contributed by atoms with Crippen molar-refractivity contribution in [3.8, 4) is 0 Å². The minimum Gasteiger partial charge on any atom is -0.350 e. The van der Waals surface area contributed by atoms with E-state index in [1.165, 1.54) is 21.5 Å². The lowest BCUT2D eigenvalue weighted by Crippen LogP contribution is -2.51. The molecule has 2 heterocycles. The van der Waals surface area contributed by atoms with Gasteiger partial charge >= 0.3 is 12.4 Å². The summed E-state index contributed by atoms with van der Waals surface area (Å²) in [5, 5.41) is 0. The fourth-order valence-corrected chi connectivity index (χ4v) is 5.84. The fourth-order valence-electron chi connectivity index (χ4n) is 2.56. The number of morpholine rings is 1. The number of hydrogen-bond acceptors (Lipinski definition) is 8. The Morgan fingerprint density at radius 2 is 2.15 bits per heavy atom. The molecule has 148 valence electrons. The van der Waals surface area contributed by atoms with Gasteiger partial charge in [-0.3, -0.25) is 23.8 Å². The van der Waals surface area contributed by atoms with E-state index in [1.54, 1.807) is 14.1 Å². The molecule has 3 atom stereocenters. The highest BCUT2D eigenvalue weighted by Crippen LogP contribution is 2.62. The quantitative estimate of drug-likeness (QED) is 0.385. The van der Waals surface area contributed by atoms with Gasteiger partial charge < -0.3 is 9.26 Å². The van der Waals surface area contributed by atoms with Crippen LogP contribution in [0.15, 0.2) is 21.9 Å². The molecule has 0 spiro atoms. The third kappa shape index (κ3) is 5.25. The van der Waals surface area contributed by atoms with Gasteiger partial charge in [-0.1, -0.05) is 0 Å². The third-order valence-corrected chi connectivity index (χ3v) is 9.52. The maximum atomic E-state index is 12.6. The minimum atomic E-state index is -3.09. The first-order valence-corrected chi connectivity index (χ1v) is 12.2. The summed E-state index contributed by atoms with van der Waals surface area (Å²) in [5.41, 5.74) is -0.988. The number of aromatic amines is 1. The van der Waals surface area contributed by atoms with E-state index in [1.807, 2.05) is 13.8 Å². The average molecular weight is 424 g/mol. The minimum absolute atomic E-state index is 0.0981. The van der Waals surface area contributed by atoms with Crippen LogP contribution in [0.4, 0.5) is 0 Å². The number of thiol groups is 1. The topological polar surface area (TPSA) is 96.9 Å². The molecule has 1 aromatic rings. The van der Waals surface area contributed by atoms with Crippen LogP contribution in [0.5, 0.6) is 0 Å². The number of aromatic nitrogens is 2. The standard InChI is InChI=1S/C14H25N4O5PS2/c1-10(2)17-7-11(9-22-24(21,26-25)16(3)4)23-13(8-17)18-6-5-12(19)15-14(18)20/h5-6,10-11,13,25H,7-9H2,1-4H3,(H,15,19,20)/t11-,13+,24?/m0/s1. The summed E-state index contributed by atoms with van der Waals surface area (Å²) in [6, 6.07) is 1.50. The first-order valence-electron chi connectivity index (χ1n) is 8.13. The molecule has 1 aliphatic rings. The summed E-state index contributed by atoms with van der Waals surface area (Å²) in [4.78, 5) is 27.8. The zero-order valence-electron chi connectivity index (χ0n) is 15.2. The summed E-state index contributed by atoms with van der Waals surface area (Å²) in [7, 11) is 4.19. The van der Waals surface area contributed by atoms with Crippen LogP contribution < -0.4 is 11.2 Å². The zero-order valence-corrected chi connectivity index (χ0v) is 17.8.